The third-order valence-electron chi connectivity index (χ3n) is 6.31. The molecule has 0 bridgehead atoms. The molecular weight excluding hydrogens is 453 g/mol. The fourth-order valence-electron chi connectivity index (χ4n) is 4.47. The fraction of sp³-hybridized carbons (Fsp3) is 0.591. The Morgan fingerprint density at radius 3 is 2.65 bits per heavy atom. The van der Waals surface area contributed by atoms with E-state index >= 15 is 0 Å². The third-order valence-corrected chi connectivity index (χ3v) is 6.31. The normalized spacial score (nSPS) is 19.4. The van der Waals surface area contributed by atoms with Crippen LogP contribution in [-0.2, 0) is 10.9 Å². The lowest BCUT2D eigenvalue weighted by Gasteiger charge is -2.38. The molecule has 12 heteroatoms. The molecule has 186 valence electrons. The minimum Gasteiger partial charge on any atom is -0.474 e. The smallest absolute Gasteiger partial charge is 0.418 e. The number of nitrogens with zero attached hydrogens (tertiary/aromatic N) is 3. The molecule has 0 unspecified atom stereocenters. The molecule has 0 spiro atoms. The molecule has 4 rings (SSSR count). The summed E-state index contributed by atoms with van der Waals surface area (Å²) in [6.07, 6.45) is -2.42. The van der Waals surface area contributed by atoms with Crippen LogP contribution in [0.25, 0.3) is 0 Å². The third kappa shape index (κ3) is 4.91. The van der Waals surface area contributed by atoms with E-state index in [0.717, 1.165) is 24.6 Å². The van der Waals surface area contributed by atoms with E-state index in [1.165, 1.54) is 18.9 Å². The van der Waals surface area contributed by atoms with E-state index in [2.05, 4.69) is 15.6 Å². The molecule has 0 atom stereocenters. The number of urea groups is 1. The first-order valence-corrected chi connectivity index (χ1v) is 11.3. The minimum absolute atomic E-state index is 0.0338. The summed E-state index contributed by atoms with van der Waals surface area (Å²) in [4.78, 5) is 19.4. The van der Waals surface area contributed by atoms with Crippen LogP contribution in [0.5, 0.6) is 5.88 Å². The van der Waals surface area contributed by atoms with E-state index in [-0.39, 0.29) is 54.9 Å². The molecule has 2 amide bonds. The molecule has 9 nitrogen and oxygen atoms in total. The van der Waals surface area contributed by atoms with Crippen molar-refractivity contribution >= 4 is 17.6 Å². The highest BCUT2D eigenvalue weighted by molar-refractivity contribution is 6.09. The van der Waals surface area contributed by atoms with Crippen LogP contribution in [-0.4, -0.2) is 74.3 Å². The summed E-state index contributed by atoms with van der Waals surface area (Å²) in [5.41, 5.74) is 0.470. The lowest BCUT2D eigenvalue weighted by molar-refractivity contribution is -0.138. The monoisotopic (exact) mass is 482 g/mol. The average molecular weight is 483 g/mol. The summed E-state index contributed by atoms with van der Waals surface area (Å²) < 4.78 is 51.7. The zero-order chi connectivity index (χ0) is 24.5. The first-order chi connectivity index (χ1) is 16.2. The van der Waals surface area contributed by atoms with Crippen molar-refractivity contribution in [3.63, 3.8) is 0 Å². The summed E-state index contributed by atoms with van der Waals surface area (Å²) >= 11 is 0. The summed E-state index contributed by atoms with van der Waals surface area (Å²) in [5, 5.41) is 15.1. The molecule has 3 N–H and O–H groups in total. The Morgan fingerprint density at radius 1 is 1.24 bits per heavy atom. The van der Waals surface area contributed by atoms with Crippen LogP contribution < -0.4 is 20.3 Å². The Kier molecular flexibility index (Phi) is 6.87. The molecule has 3 aliphatic heterocycles. The van der Waals surface area contributed by atoms with E-state index in [4.69, 9.17) is 14.9 Å². The van der Waals surface area contributed by atoms with Crippen LogP contribution in [0.2, 0.25) is 0 Å². The van der Waals surface area contributed by atoms with Crippen LogP contribution in [0.15, 0.2) is 17.3 Å². The Balaban J connectivity index is 1.70. The molecule has 0 aliphatic carbocycles. The Labute approximate surface area is 195 Å². The number of rotatable bonds is 3. The number of nitrogens with one attached hydrogen (secondary N) is 3. The van der Waals surface area contributed by atoms with E-state index in [1.54, 1.807) is 4.90 Å². The maximum atomic E-state index is 13.6. The van der Waals surface area contributed by atoms with E-state index < -0.39 is 11.7 Å². The van der Waals surface area contributed by atoms with E-state index in [9.17, 15) is 18.0 Å². The van der Waals surface area contributed by atoms with Gasteiger partial charge < -0.3 is 29.9 Å². The van der Waals surface area contributed by atoms with E-state index in [0.29, 0.717) is 31.8 Å². The molecule has 0 aromatic carbocycles. The lowest BCUT2D eigenvalue weighted by Crippen LogP contribution is -2.49. The van der Waals surface area contributed by atoms with Gasteiger partial charge in [-0.1, -0.05) is 0 Å². The predicted octanol–water partition coefficient (Wildman–Crippen LogP) is 2.65. The SMILES string of the molecule is CNC(=O)N1CCC(NC2CCOCC2)=C(C(=N)N2CCOc3nc(C)c(C(F)(F)F)cc32)C1. The summed E-state index contributed by atoms with van der Waals surface area (Å²) in [6, 6.07) is 0.905. The van der Waals surface area contributed by atoms with Gasteiger partial charge in [-0.15, -0.1) is 0 Å². The highest BCUT2D eigenvalue weighted by Gasteiger charge is 2.37. The number of halogens is 3. The second-order valence-corrected chi connectivity index (χ2v) is 8.51. The number of ether oxygens (including phenoxy) is 2. The summed E-state index contributed by atoms with van der Waals surface area (Å²) in [7, 11) is 1.54. The summed E-state index contributed by atoms with van der Waals surface area (Å²) in [6.45, 7) is 3.60. The Bertz CT molecular complexity index is 991. The number of amidine groups is 1. The van der Waals surface area contributed by atoms with Crippen molar-refractivity contribution in [1.82, 2.24) is 20.5 Å². The summed E-state index contributed by atoms with van der Waals surface area (Å²) in [5.74, 6) is 0.103. The number of aryl methyl sites for hydroxylation is 1. The van der Waals surface area contributed by atoms with E-state index in [1.807, 2.05) is 0 Å². The quantitative estimate of drug-likeness (QED) is 0.452. The van der Waals surface area contributed by atoms with Crippen molar-refractivity contribution < 1.29 is 27.4 Å². The van der Waals surface area contributed by atoms with Gasteiger partial charge in [-0.05, 0) is 25.8 Å². The number of aromatic nitrogens is 1. The highest BCUT2D eigenvalue weighted by atomic mass is 19.4. The molecule has 1 fully saturated rings. The molecular formula is C22H29F3N6O3. The number of alkyl halides is 3. The second-order valence-electron chi connectivity index (χ2n) is 8.51. The number of fused-ring (bicyclic) bond motifs is 1. The molecule has 0 radical (unpaired) electrons. The zero-order valence-electron chi connectivity index (χ0n) is 19.2. The number of carbonyl (C=O) groups is 1. The lowest BCUT2D eigenvalue weighted by atomic mass is 10.0. The number of amides is 2. The zero-order valence-corrected chi connectivity index (χ0v) is 19.2. The van der Waals surface area contributed by atoms with Gasteiger partial charge >= 0.3 is 12.2 Å². The number of hydrogen-bond donors (Lipinski definition) is 3. The van der Waals surface area contributed by atoms with Gasteiger partial charge in [0.05, 0.1) is 24.3 Å². The van der Waals surface area contributed by atoms with Crippen LogP contribution in [0.1, 0.15) is 30.5 Å². The van der Waals surface area contributed by atoms with Gasteiger partial charge in [0, 0.05) is 50.5 Å². The molecule has 34 heavy (non-hydrogen) atoms. The second kappa shape index (κ2) is 9.69. The van der Waals surface area contributed by atoms with Crippen molar-refractivity contribution in [3.05, 3.63) is 28.6 Å². The van der Waals surface area contributed by atoms with Gasteiger partial charge in [0.1, 0.15) is 18.1 Å². The molecule has 3 aliphatic rings. The number of carbonyl (C=O) groups excluding carboxylic acids is 1. The van der Waals surface area contributed by atoms with Gasteiger partial charge in [0.2, 0.25) is 5.88 Å². The molecule has 4 heterocycles. The van der Waals surface area contributed by atoms with Crippen molar-refractivity contribution in [3.8, 4) is 5.88 Å². The van der Waals surface area contributed by atoms with Crippen LogP contribution >= 0.6 is 0 Å². The predicted molar refractivity (Wildman–Crippen MR) is 119 cm³/mol. The van der Waals surface area contributed by atoms with Crippen LogP contribution in [0.3, 0.4) is 0 Å². The van der Waals surface area contributed by atoms with Crippen molar-refractivity contribution in [2.24, 2.45) is 0 Å². The highest BCUT2D eigenvalue weighted by Crippen LogP contribution is 2.39. The van der Waals surface area contributed by atoms with Gasteiger partial charge in [0.15, 0.2) is 0 Å². The topological polar surface area (TPSA) is 103 Å². The Morgan fingerprint density at radius 2 is 1.97 bits per heavy atom. The molecule has 1 saturated heterocycles. The molecule has 1 aromatic heterocycles. The molecule has 0 saturated carbocycles. The average Bonchev–Trinajstić information content (AvgIpc) is 2.82. The first-order valence-electron chi connectivity index (χ1n) is 11.3. The fourth-order valence-corrected chi connectivity index (χ4v) is 4.47. The van der Waals surface area contributed by atoms with Crippen LogP contribution in [0, 0.1) is 12.3 Å². The minimum atomic E-state index is -4.58. The number of hydrogen-bond acceptors (Lipinski definition) is 6. The van der Waals surface area contributed by atoms with Gasteiger partial charge in [0.25, 0.3) is 0 Å². The van der Waals surface area contributed by atoms with Gasteiger partial charge in [-0.3, -0.25) is 5.41 Å². The largest absolute Gasteiger partial charge is 0.474 e. The number of anilines is 1. The van der Waals surface area contributed by atoms with Crippen LogP contribution in [0.4, 0.5) is 23.7 Å². The van der Waals surface area contributed by atoms with Gasteiger partial charge in [-0.2, -0.15) is 13.2 Å². The van der Waals surface area contributed by atoms with Crippen molar-refractivity contribution in [1.29, 1.82) is 5.41 Å². The van der Waals surface area contributed by atoms with Gasteiger partial charge in [-0.25, -0.2) is 9.78 Å². The van der Waals surface area contributed by atoms with Crippen molar-refractivity contribution in [2.75, 3.05) is 51.4 Å². The molecule has 1 aromatic rings. The standard InChI is InChI=1S/C22H29F3N6O3/c1-13-16(22(23,24)25)11-18-20(28-13)34-10-7-31(18)19(26)15-12-30(21(32)27-2)6-3-17(15)29-14-4-8-33-9-5-14/h11,14,26,29H,3-10,12H2,1-2H3,(H,27,32). The maximum absolute atomic E-state index is 13.6. The number of pyridine rings is 1. The van der Waals surface area contributed by atoms with Crippen molar-refractivity contribution in [2.45, 2.75) is 38.4 Å². The Hall–Kier alpha value is -3.02. The first kappa shape index (κ1) is 24.1. The maximum Gasteiger partial charge on any atom is 0.418 e.